The average Bonchev–Trinajstić information content (AvgIpc) is 3.14. The van der Waals surface area contributed by atoms with Gasteiger partial charge in [0, 0.05) is 18.6 Å². The molecule has 0 bridgehead atoms. The standard InChI is InChI=1S/C17H34N4/c1-4-14(5-2)16(21-11-7-8-12-21)13-19-17(18-6-3)20-15-9-10-15/h14-16H,4-13H2,1-3H3,(H2,18,19,20). The van der Waals surface area contributed by atoms with E-state index in [2.05, 4.69) is 36.3 Å². The summed E-state index contributed by atoms with van der Waals surface area (Å²) >= 11 is 0. The van der Waals surface area contributed by atoms with Crippen molar-refractivity contribution < 1.29 is 0 Å². The van der Waals surface area contributed by atoms with Crippen molar-refractivity contribution >= 4 is 5.96 Å². The Bertz CT molecular complexity index is 313. The van der Waals surface area contributed by atoms with Crippen LogP contribution in [-0.2, 0) is 0 Å². The highest BCUT2D eigenvalue weighted by atomic mass is 15.2. The Balaban J connectivity index is 1.97. The first kappa shape index (κ1) is 16.6. The lowest BCUT2D eigenvalue weighted by atomic mass is 9.93. The van der Waals surface area contributed by atoms with Gasteiger partial charge in [-0.1, -0.05) is 26.7 Å². The van der Waals surface area contributed by atoms with E-state index in [0.717, 1.165) is 25.0 Å². The number of nitrogens with zero attached hydrogens (tertiary/aromatic N) is 2. The van der Waals surface area contributed by atoms with Gasteiger partial charge in [-0.3, -0.25) is 9.89 Å². The van der Waals surface area contributed by atoms with E-state index in [4.69, 9.17) is 4.99 Å². The molecule has 0 aromatic carbocycles. The smallest absolute Gasteiger partial charge is 0.191 e. The van der Waals surface area contributed by atoms with Crippen molar-refractivity contribution in [3.8, 4) is 0 Å². The number of hydrogen-bond acceptors (Lipinski definition) is 2. The van der Waals surface area contributed by atoms with Crippen LogP contribution in [-0.4, -0.2) is 49.1 Å². The van der Waals surface area contributed by atoms with Crippen LogP contribution in [0.15, 0.2) is 4.99 Å². The summed E-state index contributed by atoms with van der Waals surface area (Å²) < 4.78 is 0. The highest BCUT2D eigenvalue weighted by molar-refractivity contribution is 5.80. The van der Waals surface area contributed by atoms with Gasteiger partial charge in [0.15, 0.2) is 5.96 Å². The summed E-state index contributed by atoms with van der Waals surface area (Å²) in [6.07, 6.45) is 7.85. The van der Waals surface area contributed by atoms with E-state index in [1.807, 2.05) is 0 Å². The molecule has 1 saturated carbocycles. The molecule has 1 aliphatic heterocycles. The fraction of sp³-hybridized carbons (Fsp3) is 0.941. The third-order valence-electron chi connectivity index (χ3n) is 4.90. The van der Waals surface area contributed by atoms with Gasteiger partial charge >= 0.3 is 0 Å². The van der Waals surface area contributed by atoms with Crippen molar-refractivity contribution in [1.29, 1.82) is 0 Å². The molecule has 0 radical (unpaired) electrons. The lowest BCUT2D eigenvalue weighted by Crippen LogP contribution is -2.43. The number of hydrogen-bond donors (Lipinski definition) is 2. The van der Waals surface area contributed by atoms with Crippen molar-refractivity contribution in [2.75, 3.05) is 26.2 Å². The van der Waals surface area contributed by atoms with Crippen LogP contribution in [0.2, 0.25) is 0 Å². The number of aliphatic imine (C=N–C) groups is 1. The molecule has 1 atom stereocenters. The molecule has 0 aromatic heterocycles. The van der Waals surface area contributed by atoms with Crippen molar-refractivity contribution in [2.24, 2.45) is 10.9 Å². The van der Waals surface area contributed by atoms with Gasteiger partial charge in [0.25, 0.3) is 0 Å². The minimum absolute atomic E-state index is 0.622. The fourth-order valence-electron chi connectivity index (χ4n) is 3.39. The first-order valence-electron chi connectivity index (χ1n) is 9.07. The van der Waals surface area contributed by atoms with E-state index in [9.17, 15) is 0 Å². The number of likely N-dealkylation sites (tertiary alicyclic amines) is 1. The third kappa shape index (κ3) is 5.17. The highest BCUT2D eigenvalue weighted by Gasteiger charge is 2.28. The molecule has 0 aromatic rings. The Labute approximate surface area is 130 Å². The molecular weight excluding hydrogens is 260 g/mol. The maximum absolute atomic E-state index is 4.91. The molecule has 1 heterocycles. The molecule has 0 amide bonds. The van der Waals surface area contributed by atoms with Crippen molar-refractivity contribution in [3.05, 3.63) is 0 Å². The van der Waals surface area contributed by atoms with Gasteiger partial charge in [-0.15, -0.1) is 0 Å². The van der Waals surface area contributed by atoms with E-state index in [1.165, 1.54) is 51.6 Å². The van der Waals surface area contributed by atoms with E-state index in [-0.39, 0.29) is 0 Å². The van der Waals surface area contributed by atoms with E-state index < -0.39 is 0 Å². The molecular formula is C17H34N4. The average molecular weight is 294 g/mol. The van der Waals surface area contributed by atoms with Gasteiger partial charge in [0.1, 0.15) is 0 Å². The SMILES string of the molecule is CCNC(=NCC(C(CC)CC)N1CCCC1)NC1CC1. The maximum Gasteiger partial charge on any atom is 0.191 e. The number of nitrogens with one attached hydrogen (secondary N) is 2. The first-order valence-corrected chi connectivity index (χ1v) is 9.07. The fourth-order valence-corrected chi connectivity index (χ4v) is 3.39. The maximum atomic E-state index is 4.91. The molecule has 1 saturated heterocycles. The van der Waals surface area contributed by atoms with E-state index >= 15 is 0 Å². The van der Waals surface area contributed by atoms with Crippen LogP contribution in [0.3, 0.4) is 0 Å². The molecule has 122 valence electrons. The molecule has 4 nitrogen and oxygen atoms in total. The summed E-state index contributed by atoms with van der Waals surface area (Å²) in [5.41, 5.74) is 0. The Morgan fingerprint density at radius 1 is 1.14 bits per heavy atom. The largest absolute Gasteiger partial charge is 0.357 e. The quantitative estimate of drug-likeness (QED) is 0.534. The molecule has 2 N–H and O–H groups in total. The normalized spacial score (nSPS) is 21.8. The first-order chi connectivity index (χ1) is 10.3. The molecule has 2 rings (SSSR count). The summed E-state index contributed by atoms with van der Waals surface area (Å²) in [4.78, 5) is 7.59. The van der Waals surface area contributed by atoms with Crippen molar-refractivity contribution in [3.63, 3.8) is 0 Å². The topological polar surface area (TPSA) is 39.7 Å². The lowest BCUT2D eigenvalue weighted by Gasteiger charge is -2.32. The molecule has 4 heteroatoms. The predicted molar refractivity (Wildman–Crippen MR) is 90.8 cm³/mol. The lowest BCUT2D eigenvalue weighted by molar-refractivity contribution is 0.172. The summed E-state index contributed by atoms with van der Waals surface area (Å²) in [7, 11) is 0. The van der Waals surface area contributed by atoms with Gasteiger partial charge in [0.05, 0.1) is 6.54 Å². The van der Waals surface area contributed by atoms with Gasteiger partial charge in [-0.25, -0.2) is 0 Å². The molecule has 1 aliphatic carbocycles. The summed E-state index contributed by atoms with van der Waals surface area (Å²) in [5, 5.41) is 6.93. The Kier molecular flexibility index (Phi) is 6.81. The number of rotatable bonds is 8. The van der Waals surface area contributed by atoms with Crippen LogP contribution in [0.4, 0.5) is 0 Å². The summed E-state index contributed by atoms with van der Waals surface area (Å²) in [5.74, 6) is 1.80. The van der Waals surface area contributed by atoms with Crippen LogP contribution < -0.4 is 10.6 Å². The van der Waals surface area contributed by atoms with E-state index in [0.29, 0.717) is 12.1 Å². The predicted octanol–water partition coefficient (Wildman–Crippen LogP) is 2.60. The van der Waals surface area contributed by atoms with E-state index in [1.54, 1.807) is 0 Å². The molecule has 0 spiro atoms. The zero-order valence-corrected chi connectivity index (χ0v) is 14.2. The number of guanidine groups is 1. The van der Waals surface area contributed by atoms with Crippen LogP contribution in [0.25, 0.3) is 0 Å². The molecule has 1 unspecified atom stereocenters. The zero-order chi connectivity index (χ0) is 15.1. The second-order valence-corrected chi connectivity index (χ2v) is 6.53. The molecule has 2 fully saturated rings. The molecule has 2 aliphatic rings. The second kappa shape index (κ2) is 8.62. The van der Waals surface area contributed by atoms with Crippen LogP contribution in [0.5, 0.6) is 0 Å². The zero-order valence-electron chi connectivity index (χ0n) is 14.2. The Hall–Kier alpha value is -0.770. The minimum atomic E-state index is 0.622. The monoisotopic (exact) mass is 294 g/mol. The van der Waals surface area contributed by atoms with Crippen LogP contribution in [0, 0.1) is 5.92 Å². The second-order valence-electron chi connectivity index (χ2n) is 6.53. The van der Waals surface area contributed by atoms with Gasteiger partial charge < -0.3 is 10.6 Å². The van der Waals surface area contributed by atoms with Gasteiger partial charge in [-0.2, -0.15) is 0 Å². The van der Waals surface area contributed by atoms with Crippen LogP contribution in [0.1, 0.15) is 59.3 Å². The van der Waals surface area contributed by atoms with Crippen molar-refractivity contribution in [2.45, 2.75) is 71.4 Å². The molecule has 21 heavy (non-hydrogen) atoms. The van der Waals surface area contributed by atoms with Gasteiger partial charge in [-0.05, 0) is 51.6 Å². The van der Waals surface area contributed by atoms with Crippen molar-refractivity contribution in [1.82, 2.24) is 15.5 Å². The third-order valence-corrected chi connectivity index (χ3v) is 4.90. The minimum Gasteiger partial charge on any atom is -0.357 e. The summed E-state index contributed by atoms with van der Waals surface area (Å²) in [6.45, 7) is 11.2. The Morgan fingerprint density at radius 3 is 2.33 bits per heavy atom. The van der Waals surface area contributed by atoms with Crippen LogP contribution >= 0.6 is 0 Å². The Morgan fingerprint density at radius 2 is 1.81 bits per heavy atom. The highest BCUT2D eigenvalue weighted by Crippen LogP contribution is 2.23. The van der Waals surface area contributed by atoms with Gasteiger partial charge in [0.2, 0.25) is 0 Å². The summed E-state index contributed by atoms with van der Waals surface area (Å²) in [6, 6.07) is 1.29.